The van der Waals surface area contributed by atoms with Crippen molar-refractivity contribution in [2.24, 2.45) is 5.14 Å². The van der Waals surface area contributed by atoms with Gasteiger partial charge < -0.3 is 4.55 Å². The smallest absolute Gasteiger partial charge is 0.268 e. The molecular formula is C39H39BN2O3PS2. The number of rotatable bonds is 11. The Morgan fingerprint density at radius 3 is 1.81 bits per heavy atom. The van der Waals surface area contributed by atoms with Gasteiger partial charge in [0.15, 0.2) is 0 Å². The maximum Gasteiger partial charge on any atom is 0.268 e. The Kier molecular flexibility index (Phi) is 11.0. The number of benzene rings is 5. The second-order valence-corrected chi connectivity index (χ2v) is 18.0. The molecule has 2 atom stereocenters. The molecular weight excluding hydrogens is 650 g/mol. The lowest BCUT2D eigenvalue weighted by molar-refractivity contribution is 0.481. The highest BCUT2D eigenvalue weighted by molar-refractivity contribution is 7.90. The Bertz CT molecular complexity index is 2030. The second-order valence-electron chi connectivity index (χ2n) is 12.4. The third kappa shape index (κ3) is 7.05. The number of nitrogens with zero attached hydrogens (tertiary/aromatic N) is 1. The summed E-state index contributed by atoms with van der Waals surface area (Å²) in [5.41, 5.74) is 4.40. The minimum Gasteiger partial charge on any atom is -0.598 e. The molecule has 0 aliphatic rings. The molecule has 3 radical (unpaired) electrons. The molecule has 9 heteroatoms. The quantitative estimate of drug-likeness (QED) is 0.0889. The summed E-state index contributed by atoms with van der Waals surface area (Å²) in [5.74, 6) is -0.369. The SMILES string of the molecule is Cc1ccc(CC(c2c(CP(c3ccccc3)c3ccccc3)n(S(=O)(=O)c3ccccc3)c3ccccc23)C(C)(C)[S+](N)[O-])cc1.[B]. The van der Waals surface area contributed by atoms with Gasteiger partial charge in [-0.15, -0.1) is 0 Å². The van der Waals surface area contributed by atoms with Crippen LogP contribution >= 0.6 is 7.92 Å². The van der Waals surface area contributed by atoms with Crippen LogP contribution < -0.4 is 15.7 Å². The van der Waals surface area contributed by atoms with Crippen LogP contribution in [0.2, 0.25) is 0 Å². The van der Waals surface area contributed by atoms with Gasteiger partial charge in [0, 0.05) is 42.9 Å². The van der Waals surface area contributed by atoms with Crippen molar-refractivity contribution in [2.45, 2.75) is 48.9 Å². The summed E-state index contributed by atoms with van der Waals surface area (Å²) in [6, 6.07) is 45.3. The zero-order valence-corrected chi connectivity index (χ0v) is 29.9. The molecule has 0 spiro atoms. The zero-order valence-electron chi connectivity index (χ0n) is 27.4. The van der Waals surface area contributed by atoms with Gasteiger partial charge in [0.05, 0.1) is 10.4 Å². The highest BCUT2D eigenvalue weighted by Crippen LogP contribution is 2.48. The average molecular weight is 690 g/mol. The predicted molar refractivity (Wildman–Crippen MR) is 204 cm³/mol. The molecule has 6 aromatic rings. The lowest BCUT2D eigenvalue weighted by atomic mass is 9.81. The average Bonchev–Trinajstić information content (AvgIpc) is 3.42. The molecule has 0 aliphatic carbocycles. The van der Waals surface area contributed by atoms with E-state index in [1.54, 1.807) is 28.2 Å². The van der Waals surface area contributed by atoms with Crippen molar-refractivity contribution in [1.82, 2.24) is 3.97 Å². The first kappa shape index (κ1) is 35.7. The lowest BCUT2D eigenvalue weighted by Gasteiger charge is -2.34. The summed E-state index contributed by atoms with van der Waals surface area (Å²) >= 11 is -1.72. The lowest BCUT2D eigenvalue weighted by Crippen LogP contribution is -2.44. The van der Waals surface area contributed by atoms with Gasteiger partial charge in [-0.25, -0.2) is 12.4 Å². The molecule has 1 aromatic heterocycles. The van der Waals surface area contributed by atoms with Crippen LogP contribution in [0.25, 0.3) is 10.9 Å². The molecule has 1 heterocycles. The van der Waals surface area contributed by atoms with E-state index < -0.39 is 34.1 Å². The van der Waals surface area contributed by atoms with Gasteiger partial charge in [0.2, 0.25) is 0 Å². The summed E-state index contributed by atoms with van der Waals surface area (Å²) in [6.45, 7) is 5.91. The summed E-state index contributed by atoms with van der Waals surface area (Å²) in [6.07, 6.45) is 0.994. The van der Waals surface area contributed by atoms with Gasteiger partial charge in [0.25, 0.3) is 10.0 Å². The second kappa shape index (κ2) is 14.9. The first-order chi connectivity index (χ1) is 22.6. The van der Waals surface area contributed by atoms with Crippen molar-refractivity contribution in [3.63, 3.8) is 0 Å². The van der Waals surface area contributed by atoms with Crippen molar-refractivity contribution < 1.29 is 13.0 Å². The van der Waals surface area contributed by atoms with E-state index in [4.69, 9.17) is 5.14 Å². The van der Waals surface area contributed by atoms with E-state index in [0.717, 1.165) is 32.7 Å². The highest BCUT2D eigenvalue weighted by Gasteiger charge is 2.44. The fourth-order valence-electron chi connectivity index (χ4n) is 6.29. The number of para-hydroxylation sites is 1. The van der Waals surface area contributed by atoms with E-state index in [1.807, 2.05) is 80.6 Å². The molecule has 5 nitrogen and oxygen atoms in total. The molecule has 243 valence electrons. The van der Waals surface area contributed by atoms with Gasteiger partial charge in [-0.1, -0.05) is 127 Å². The molecule has 6 rings (SSSR count). The third-order valence-electron chi connectivity index (χ3n) is 8.96. The Hall–Kier alpha value is -3.65. The normalized spacial score (nSPS) is 13.3. The predicted octanol–water partition coefficient (Wildman–Crippen LogP) is 7.17. The molecule has 0 saturated heterocycles. The molecule has 0 aliphatic heterocycles. The number of hydrogen-bond acceptors (Lipinski definition) is 4. The zero-order chi connectivity index (χ0) is 33.2. The van der Waals surface area contributed by atoms with Gasteiger partial charge in [-0.2, -0.15) is 5.14 Å². The fourth-order valence-corrected chi connectivity index (χ4v) is 10.8. The third-order valence-corrected chi connectivity index (χ3v) is 14.5. The summed E-state index contributed by atoms with van der Waals surface area (Å²) in [5, 5.41) is 9.41. The van der Waals surface area contributed by atoms with Gasteiger partial charge in [0.1, 0.15) is 4.75 Å². The van der Waals surface area contributed by atoms with Crippen molar-refractivity contribution in [3.05, 3.63) is 162 Å². The van der Waals surface area contributed by atoms with E-state index in [9.17, 15) is 13.0 Å². The molecule has 0 bridgehead atoms. The first-order valence-electron chi connectivity index (χ1n) is 15.6. The number of fused-ring (bicyclic) bond motifs is 1. The van der Waals surface area contributed by atoms with Crippen molar-refractivity contribution in [2.75, 3.05) is 0 Å². The van der Waals surface area contributed by atoms with Crippen molar-refractivity contribution >= 4 is 59.2 Å². The Morgan fingerprint density at radius 2 is 1.27 bits per heavy atom. The monoisotopic (exact) mass is 689 g/mol. The van der Waals surface area contributed by atoms with Gasteiger partial charge >= 0.3 is 0 Å². The van der Waals surface area contributed by atoms with Crippen LogP contribution in [0.4, 0.5) is 0 Å². The number of aryl methyl sites for hydroxylation is 1. The first-order valence-corrected chi connectivity index (χ1v) is 19.8. The maximum absolute atomic E-state index is 14.8. The van der Waals surface area contributed by atoms with Crippen LogP contribution in [-0.4, -0.2) is 30.1 Å². The van der Waals surface area contributed by atoms with Crippen LogP contribution in [0.1, 0.15) is 42.1 Å². The van der Waals surface area contributed by atoms with Gasteiger partial charge in [-0.3, -0.25) is 0 Å². The number of nitrogens with two attached hydrogens (primary N) is 1. The van der Waals surface area contributed by atoms with Crippen LogP contribution in [0.3, 0.4) is 0 Å². The van der Waals surface area contributed by atoms with Crippen molar-refractivity contribution in [3.8, 4) is 0 Å². The van der Waals surface area contributed by atoms with E-state index in [1.165, 1.54) is 0 Å². The van der Waals surface area contributed by atoms with E-state index in [2.05, 4.69) is 55.5 Å². The standard InChI is InChI=1S/C39H39N2O3PS2.B/c1-29-23-25-30(26-24-29)27-35(39(2,3)46(40)42)38-34-21-13-14-22-36(34)41(47(43,44)33-19-11-6-12-20-33)37(38)28-45(31-15-7-4-8-16-31)32-17-9-5-10-18-32;/h4-26,35H,27-28,40H2,1-3H3;. The summed E-state index contributed by atoms with van der Waals surface area (Å²) in [4.78, 5) is 0.217. The fraction of sp³-hybridized carbons (Fsp3) is 0.179. The molecule has 2 unspecified atom stereocenters. The topological polar surface area (TPSA) is 88.2 Å². The molecule has 2 N–H and O–H groups in total. The minimum absolute atomic E-state index is 0. The number of aromatic nitrogens is 1. The van der Waals surface area contributed by atoms with Crippen molar-refractivity contribution in [1.29, 1.82) is 0 Å². The Labute approximate surface area is 290 Å². The molecule has 5 aromatic carbocycles. The largest absolute Gasteiger partial charge is 0.598 e. The number of hydrogen-bond donors (Lipinski definition) is 1. The van der Waals surface area contributed by atoms with Crippen LogP contribution in [-0.2, 0) is 34.0 Å². The highest BCUT2D eigenvalue weighted by atomic mass is 32.2. The Morgan fingerprint density at radius 1 is 0.771 bits per heavy atom. The van der Waals surface area contributed by atoms with E-state index >= 15 is 0 Å². The summed E-state index contributed by atoms with van der Waals surface area (Å²) in [7, 11) is -5.09. The molecule has 0 saturated carbocycles. The van der Waals surface area contributed by atoms with E-state index in [-0.39, 0.29) is 19.2 Å². The van der Waals surface area contributed by atoms with Crippen LogP contribution in [0, 0.1) is 6.92 Å². The molecule has 48 heavy (non-hydrogen) atoms. The minimum atomic E-state index is -4.04. The van der Waals surface area contributed by atoms with E-state index in [0.29, 0.717) is 23.8 Å². The van der Waals surface area contributed by atoms with Crippen LogP contribution in [0.5, 0.6) is 0 Å². The summed E-state index contributed by atoms with van der Waals surface area (Å²) < 4.78 is 43.7. The maximum atomic E-state index is 14.8. The molecule has 0 amide bonds. The van der Waals surface area contributed by atoms with Gasteiger partial charge in [-0.05, 0) is 75.0 Å². The Balaban J connectivity index is 0.00000451. The molecule has 0 fully saturated rings. The van der Waals surface area contributed by atoms with Crippen LogP contribution in [0.15, 0.2) is 144 Å².